The highest BCUT2D eigenvalue weighted by atomic mass is 35.5. The number of ether oxygens (including phenoxy) is 4. The van der Waals surface area contributed by atoms with Crippen LogP contribution in [-0.2, 0) is 0 Å². The highest BCUT2D eigenvalue weighted by molar-refractivity contribution is 5.85. The Labute approximate surface area is 595 Å². The van der Waals surface area contributed by atoms with Crippen LogP contribution in [0.3, 0.4) is 0 Å². The van der Waals surface area contributed by atoms with Crippen molar-refractivity contribution in [3.05, 3.63) is 334 Å². The second-order valence-electron chi connectivity index (χ2n) is 23.5. The summed E-state index contributed by atoms with van der Waals surface area (Å²) >= 11 is 0. The minimum atomic E-state index is -0.335. The lowest BCUT2D eigenvalue weighted by Crippen LogP contribution is -2.16. The number of unbranched alkanes of at least 4 members (excludes halogenated alkanes) is 1. The molecule has 0 aliphatic heterocycles. The fraction of sp³-hybridized carbons (Fsp3) is 0.310. The summed E-state index contributed by atoms with van der Waals surface area (Å²) < 4.78 is 37.1. The Bertz CT molecular complexity index is 3170. The lowest BCUT2D eigenvalue weighted by molar-refractivity contribution is 0.167. The zero-order valence-electron chi connectivity index (χ0n) is 59.0. The van der Waals surface area contributed by atoms with Crippen LogP contribution in [0.2, 0.25) is 0 Å². The lowest BCUT2D eigenvalue weighted by Gasteiger charge is -2.20. The van der Waals surface area contributed by atoms with Crippen molar-refractivity contribution in [2.24, 2.45) is 0 Å². The van der Waals surface area contributed by atoms with E-state index in [9.17, 15) is 9.50 Å². The second kappa shape index (κ2) is 50.7. The first-order valence-electron chi connectivity index (χ1n) is 34.0. The lowest BCUT2D eigenvalue weighted by atomic mass is 10.0. The van der Waals surface area contributed by atoms with E-state index < -0.39 is 0 Å². The van der Waals surface area contributed by atoms with Crippen molar-refractivity contribution in [1.82, 2.24) is 21.3 Å². The Morgan fingerprint density at radius 3 is 0.765 bits per heavy atom. The van der Waals surface area contributed by atoms with E-state index in [1.165, 1.54) is 63.4 Å². The quantitative estimate of drug-likeness (QED) is 0.0328. The van der Waals surface area contributed by atoms with Crippen molar-refractivity contribution >= 4 is 12.4 Å². The van der Waals surface area contributed by atoms with Crippen molar-refractivity contribution < 1.29 is 28.4 Å². The van der Waals surface area contributed by atoms with E-state index in [-0.39, 0.29) is 56.2 Å². The maximum absolute atomic E-state index is 12.3. The van der Waals surface area contributed by atoms with Crippen LogP contribution < -0.4 is 40.2 Å². The monoisotopic (exact) mass is 1350 g/mol. The minimum absolute atomic E-state index is 0. The number of para-hydroxylation sites is 4. The molecule has 10 aromatic carbocycles. The van der Waals surface area contributed by atoms with Crippen LogP contribution in [0, 0.1) is 40.4 Å². The highest BCUT2D eigenvalue weighted by Gasteiger charge is 2.18. The summed E-state index contributed by atoms with van der Waals surface area (Å²) in [6, 6.07) is 90.8. The summed E-state index contributed by atoms with van der Waals surface area (Å²) in [4.78, 5) is 0. The average molecular weight is 1350 g/mol. The van der Waals surface area contributed by atoms with Gasteiger partial charge in [-0.1, -0.05) is 263 Å². The van der Waals surface area contributed by atoms with Gasteiger partial charge in [0.2, 0.25) is 0 Å². The van der Waals surface area contributed by atoms with E-state index in [1.54, 1.807) is 19.1 Å². The first kappa shape index (κ1) is 83.6. The van der Waals surface area contributed by atoms with Crippen LogP contribution in [0.5, 0.6) is 23.0 Å². The zero-order chi connectivity index (χ0) is 68.8. The van der Waals surface area contributed by atoms with Gasteiger partial charge in [0.15, 0.2) is 0 Å². The largest absolute Gasteiger partial charge is 0.485 e. The number of hydrogen-bond donors (Lipinski definition) is 5. The van der Waals surface area contributed by atoms with Gasteiger partial charge in [0.05, 0.1) is 6.10 Å². The Balaban J connectivity index is 0.000000310. The van der Waals surface area contributed by atoms with E-state index in [0.717, 1.165) is 86.8 Å². The molecule has 5 atom stereocenters. The second-order valence-corrected chi connectivity index (χ2v) is 23.5. The number of aliphatic hydroxyl groups excluding tert-OH is 1. The number of benzene rings is 10. The van der Waals surface area contributed by atoms with Crippen molar-refractivity contribution in [2.75, 3.05) is 54.4 Å². The molecule has 5 N–H and O–H groups in total. The van der Waals surface area contributed by atoms with Gasteiger partial charge < -0.3 is 45.3 Å². The van der Waals surface area contributed by atoms with Gasteiger partial charge in [-0.05, 0) is 194 Å². The average Bonchev–Trinajstić information content (AvgIpc) is 0.929. The first-order valence-corrected chi connectivity index (χ1v) is 34.0. The van der Waals surface area contributed by atoms with Crippen LogP contribution in [0.25, 0.3) is 0 Å². The van der Waals surface area contributed by atoms with Gasteiger partial charge in [-0.15, -0.1) is 12.4 Å². The minimum Gasteiger partial charge on any atom is -0.485 e. The Hall–Kier alpha value is -8.58. The molecule has 0 aromatic heterocycles. The molecule has 9 nitrogen and oxygen atoms in total. The van der Waals surface area contributed by atoms with Crippen molar-refractivity contribution in [3.8, 4) is 23.0 Å². The van der Waals surface area contributed by atoms with Gasteiger partial charge in [-0.3, -0.25) is 0 Å². The number of halogens is 2. The highest BCUT2D eigenvalue weighted by Crippen LogP contribution is 2.31. The molecule has 0 spiro atoms. The van der Waals surface area contributed by atoms with Crippen LogP contribution >= 0.6 is 12.4 Å². The molecule has 0 fully saturated rings. The first-order chi connectivity index (χ1) is 46.9. The Kier molecular flexibility index (Phi) is 43.3. The summed E-state index contributed by atoms with van der Waals surface area (Å²) in [6.07, 6.45) is 7.17. The molecule has 11 heteroatoms. The van der Waals surface area contributed by atoms with Gasteiger partial charge >= 0.3 is 0 Å². The fourth-order valence-electron chi connectivity index (χ4n) is 10.1. The maximum Gasteiger partial charge on any atom is 0.126 e. The topological polar surface area (TPSA) is 105 Å². The third kappa shape index (κ3) is 32.2. The molecule has 0 aliphatic carbocycles. The molecule has 0 aliphatic rings. The van der Waals surface area contributed by atoms with Gasteiger partial charge in [0, 0.05) is 19.3 Å². The molecule has 524 valence electrons. The number of aryl methyl sites for hydroxylation is 5. The fourth-order valence-corrected chi connectivity index (χ4v) is 10.1. The van der Waals surface area contributed by atoms with Crippen LogP contribution in [-0.4, -0.2) is 59.5 Å². The predicted molar refractivity (Wildman–Crippen MR) is 414 cm³/mol. The molecule has 10 aromatic rings. The van der Waals surface area contributed by atoms with Gasteiger partial charge in [0.1, 0.15) is 53.2 Å². The molecule has 0 radical (unpaired) electrons. The summed E-state index contributed by atoms with van der Waals surface area (Å²) in [6.45, 7) is 15.9. The molecular weight excluding hydrogens is 1240 g/mol. The zero-order valence-corrected chi connectivity index (χ0v) is 59.8. The normalized spacial score (nSPS) is 11.7. The standard InChI is InChI=1S/C18H22O.3C17H21NO.C10H15NO.C7H7F.CH4.ClH/c1-3-4-13-18(16-11-6-5-7-12-16)19-17-14-9-8-10-15(17)2;3*1-14-8-6-7-11-16(14)19-17(12-13-18-2)15-9-4-3-5-10-15;1-11-8-7-10(12)9-5-3-2-4-6-9;1-6-4-2-3-5-7(6)8;;/h5-12,14,18H,3-4,13H2,1-2H3;3*3-11,17-18H,12-13H2,1-2H3;2-6,10-12H,7-8H2,1H3;2-5H,1H3;1H4;1H/t18-;2*17-;;;;;/m111...../s1. The van der Waals surface area contributed by atoms with Crippen molar-refractivity contribution in [1.29, 1.82) is 0 Å². The number of nitrogens with one attached hydrogen (secondary N) is 4. The molecule has 98 heavy (non-hydrogen) atoms. The summed E-state index contributed by atoms with van der Waals surface area (Å²) in [5, 5.41) is 22.2. The van der Waals surface area contributed by atoms with E-state index in [4.69, 9.17) is 18.9 Å². The predicted octanol–water partition coefficient (Wildman–Crippen LogP) is 21.0. The van der Waals surface area contributed by atoms with Crippen LogP contribution in [0.15, 0.2) is 273 Å². The third-order valence-corrected chi connectivity index (χ3v) is 15.9. The van der Waals surface area contributed by atoms with Gasteiger partial charge in [-0.2, -0.15) is 0 Å². The van der Waals surface area contributed by atoms with Gasteiger partial charge in [-0.25, -0.2) is 4.39 Å². The summed E-state index contributed by atoms with van der Waals surface area (Å²) in [5.74, 6) is 3.76. The van der Waals surface area contributed by atoms with Crippen molar-refractivity contribution in [3.63, 3.8) is 0 Å². The Morgan fingerprint density at radius 2 is 0.531 bits per heavy atom. The summed E-state index contributed by atoms with van der Waals surface area (Å²) in [5.41, 5.74) is 11.3. The summed E-state index contributed by atoms with van der Waals surface area (Å²) in [7, 11) is 7.79. The van der Waals surface area contributed by atoms with Crippen LogP contribution in [0.4, 0.5) is 4.39 Å². The van der Waals surface area contributed by atoms with E-state index in [1.807, 2.05) is 156 Å². The van der Waals surface area contributed by atoms with Gasteiger partial charge in [0.25, 0.3) is 0 Å². The molecule has 0 saturated heterocycles. The van der Waals surface area contributed by atoms with Crippen LogP contribution in [0.1, 0.15) is 145 Å². The SMILES string of the molecule is C.CCCC[C@@H](Oc1ccccc1C)c1ccccc1.CNCCC(O)c1ccccc1.CNCCC(Oc1ccccc1C)c1ccccc1.CNCC[C@@H](Oc1ccccc1C)c1ccccc1.CNCC[C@@H](Oc1ccccc1C)c1ccccc1.Cc1ccccc1F.Cl. The number of aliphatic hydroxyl groups is 1. The Morgan fingerprint density at radius 1 is 0.306 bits per heavy atom. The molecule has 0 amide bonds. The number of rotatable bonds is 28. The van der Waals surface area contributed by atoms with E-state index in [0.29, 0.717) is 5.56 Å². The molecule has 0 bridgehead atoms. The molecular formula is C87H112ClFN4O5. The van der Waals surface area contributed by atoms with E-state index >= 15 is 0 Å². The smallest absolute Gasteiger partial charge is 0.126 e. The van der Waals surface area contributed by atoms with Crippen molar-refractivity contribution in [2.45, 2.75) is 124 Å². The molecule has 10 rings (SSSR count). The number of hydrogen-bond acceptors (Lipinski definition) is 9. The van der Waals surface area contributed by atoms with E-state index in [2.05, 4.69) is 183 Å². The third-order valence-electron chi connectivity index (χ3n) is 15.9. The molecule has 2 unspecified atom stereocenters. The molecule has 0 heterocycles. The maximum atomic E-state index is 12.3. The molecule has 0 saturated carbocycles.